The topological polar surface area (TPSA) is 110 Å². The standard InChI is InChI=1S/C7H14N2O3/c8-4-6(10)5(9)2-1-3-7(11)12/h2,6,10H,1,3-4,8-9H2,(H,11,12). The molecule has 0 rings (SSSR count). The zero-order valence-electron chi connectivity index (χ0n) is 6.73. The van der Waals surface area contributed by atoms with Crippen molar-refractivity contribution in [3.8, 4) is 0 Å². The number of hydrogen-bond donors (Lipinski definition) is 4. The Bertz CT molecular complexity index is 179. The van der Waals surface area contributed by atoms with E-state index in [1.807, 2.05) is 0 Å². The largest absolute Gasteiger partial charge is 0.481 e. The summed E-state index contributed by atoms with van der Waals surface area (Å²) in [5, 5.41) is 17.3. The maximum atomic E-state index is 10.1. The fraction of sp³-hybridized carbons (Fsp3) is 0.571. The van der Waals surface area contributed by atoms with Crippen LogP contribution in [0, 0.1) is 0 Å². The van der Waals surface area contributed by atoms with Crippen molar-refractivity contribution in [1.82, 2.24) is 0 Å². The van der Waals surface area contributed by atoms with Crippen molar-refractivity contribution in [2.75, 3.05) is 6.54 Å². The highest BCUT2D eigenvalue weighted by atomic mass is 16.4. The van der Waals surface area contributed by atoms with Gasteiger partial charge >= 0.3 is 5.97 Å². The van der Waals surface area contributed by atoms with Crippen LogP contribution in [0.1, 0.15) is 12.8 Å². The molecule has 0 aromatic carbocycles. The van der Waals surface area contributed by atoms with Crippen LogP contribution >= 0.6 is 0 Å². The number of aliphatic hydroxyl groups excluding tert-OH is 1. The Labute approximate surface area is 70.7 Å². The molecule has 0 aliphatic heterocycles. The normalized spacial score (nSPS) is 14.3. The summed E-state index contributed by atoms with van der Waals surface area (Å²) in [6, 6.07) is 0. The minimum Gasteiger partial charge on any atom is -0.481 e. The Kier molecular flexibility index (Phi) is 5.07. The lowest BCUT2D eigenvalue weighted by atomic mass is 10.2. The van der Waals surface area contributed by atoms with Crippen LogP contribution < -0.4 is 11.5 Å². The number of allylic oxidation sites excluding steroid dienone is 1. The first-order valence-electron chi connectivity index (χ1n) is 3.63. The SMILES string of the molecule is NCC(O)C(N)=CCCC(=O)O. The van der Waals surface area contributed by atoms with Crippen LogP contribution in [0.5, 0.6) is 0 Å². The number of aliphatic hydroxyl groups is 1. The fourth-order valence-electron chi connectivity index (χ4n) is 0.634. The van der Waals surface area contributed by atoms with E-state index in [0.717, 1.165) is 0 Å². The minimum atomic E-state index is -0.888. The lowest BCUT2D eigenvalue weighted by Crippen LogP contribution is -2.26. The molecule has 0 saturated carbocycles. The van der Waals surface area contributed by atoms with Gasteiger partial charge in [0.1, 0.15) is 6.10 Å². The summed E-state index contributed by atoms with van der Waals surface area (Å²) >= 11 is 0. The third-order valence-corrected chi connectivity index (χ3v) is 1.35. The molecule has 70 valence electrons. The Balaban J connectivity index is 3.76. The van der Waals surface area contributed by atoms with E-state index in [4.69, 9.17) is 21.7 Å². The molecule has 5 heteroatoms. The third kappa shape index (κ3) is 4.70. The first kappa shape index (κ1) is 10.9. The molecule has 0 bridgehead atoms. The van der Waals surface area contributed by atoms with Gasteiger partial charge in [0.05, 0.1) is 0 Å². The van der Waals surface area contributed by atoms with Crippen LogP contribution in [0.15, 0.2) is 11.8 Å². The van der Waals surface area contributed by atoms with Crippen LogP contribution in [-0.2, 0) is 4.79 Å². The van der Waals surface area contributed by atoms with Crippen molar-refractivity contribution >= 4 is 5.97 Å². The second-order valence-corrected chi connectivity index (χ2v) is 2.39. The average Bonchev–Trinajstić information content (AvgIpc) is 2.02. The second-order valence-electron chi connectivity index (χ2n) is 2.39. The lowest BCUT2D eigenvalue weighted by Gasteiger charge is -2.06. The van der Waals surface area contributed by atoms with Crippen LogP contribution in [0.2, 0.25) is 0 Å². The van der Waals surface area contributed by atoms with Crippen molar-refractivity contribution < 1.29 is 15.0 Å². The maximum absolute atomic E-state index is 10.1. The van der Waals surface area contributed by atoms with E-state index < -0.39 is 12.1 Å². The molecule has 0 aromatic heterocycles. The fourth-order valence-corrected chi connectivity index (χ4v) is 0.634. The molecule has 0 fully saturated rings. The molecule has 6 N–H and O–H groups in total. The van der Waals surface area contributed by atoms with E-state index in [-0.39, 0.29) is 18.7 Å². The predicted molar refractivity (Wildman–Crippen MR) is 44.2 cm³/mol. The molecule has 1 unspecified atom stereocenters. The molecule has 0 saturated heterocycles. The van der Waals surface area contributed by atoms with Crippen LogP contribution in [0.4, 0.5) is 0 Å². The molecular formula is C7H14N2O3. The van der Waals surface area contributed by atoms with Gasteiger partial charge in [0.15, 0.2) is 0 Å². The summed E-state index contributed by atoms with van der Waals surface area (Å²) in [5.74, 6) is -0.888. The van der Waals surface area contributed by atoms with Gasteiger partial charge in [-0.25, -0.2) is 0 Å². The van der Waals surface area contributed by atoms with E-state index >= 15 is 0 Å². The van der Waals surface area contributed by atoms with Gasteiger partial charge in [-0.2, -0.15) is 0 Å². The van der Waals surface area contributed by atoms with Gasteiger partial charge in [-0.3, -0.25) is 4.79 Å². The molecule has 0 aliphatic carbocycles. The Morgan fingerprint density at radius 3 is 2.58 bits per heavy atom. The molecule has 0 aromatic rings. The van der Waals surface area contributed by atoms with E-state index in [9.17, 15) is 4.79 Å². The first-order chi connectivity index (χ1) is 5.57. The van der Waals surface area contributed by atoms with Gasteiger partial charge in [0, 0.05) is 18.7 Å². The molecule has 0 spiro atoms. The number of carboxylic acids is 1. The summed E-state index contributed by atoms with van der Waals surface area (Å²) < 4.78 is 0. The van der Waals surface area contributed by atoms with Crippen molar-refractivity contribution in [1.29, 1.82) is 0 Å². The van der Waals surface area contributed by atoms with Gasteiger partial charge in [-0.15, -0.1) is 0 Å². The summed E-state index contributed by atoms with van der Waals surface area (Å²) in [4.78, 5) is 10.1. The van der Waals surface area contributed by atoms with Crippen LogP contribution in [0.25, 0.3) is 0 Å². The molecule has 1 atom stereocenters. The van der Waals surface area contributed by atoms with E-state index in [1.165, 1.54) is 6.08 Å². The van der Waals surface area contributed by atoms with Gasteiger partial charge in [0.25, 0.3) is 0 Å². The zero-order valence-corrected chi connectivity index (χ0v) is 6.73. The Morgan fingerprint density at radius 2 is 2.17 bits per heavy atom. The van der Waals surface area contributed by atoms with E-state index in [1.54, 1.807) is 0 Å². The number of aliphatic carboxylic acids is 1. The second kappa shape index (κ2) is 5.56. The quantitative estimate of drug-likeness (QED) is 0.428. The van der Waals surface area contributed by atoms with Crippen LogP contribution in [-0.4, -0.2) is 28.8 Å². The highest BCUT2D eigenvalue weighted by Gasteiger charge is 2.03. The molecular weight excluding hydrogens is 160 g/mol. The third-order valence-electron chi connectivity index (χ3n) is 1.35. The number of hydrogen-bond acceptors (Lipinski definition) is 4. The van der Waals surface area contributed by atoms with E-state index in [2.05, 4.69) is 0 Å². The smallest absolute Gasteiger partial charge is 0.303 e. The maximum Gasteiger partial charge on any atom is 0.303 e. The molecule has 12 heavy (non-hydrogen) atoms. The van der Waals surface area contributed by atoms with Crippen molar-refractivity contribution in [2.24, 2.45) is 11.5 Å². The molecule has 0 heterocycles. The summed E-state index contributed by atoms with van der Waals surface area (Å²) in [6.07, 6.45) is 0.945. The lowest BCUT2D eigenvalue weighted by molar-refractivity contribution is -0.136. The summed E-state index contributed by atoms with van der Waals surface area (Å²) in [7, 11) is 0. The van der Waals surface area contributed by atoms with Gasteiger partial charge in [-0.1, -0.05) is 6.08 Å². The molecule has 0 radical (unpaired) electrons. The number of rotatable bonds is 5. The highest BCUT2D eigenvalue weighted by Crippen LogP contribution is 1.97. The number of carbonyl (C=O) groups is 1. The van der Waals surface area contributed by atoms with Crippen LogP contribution in [0.3, 0.4) is 0 Å². The summed E-state index contributed by atoms with van der Waals surface area (Å²) in [5.41, 5.74) is 10.7. The summed E-state index contributed by atoms with van der Waals surface area (Å²) in [6.45, 7) is 0.0510. The highest BCUT2D eigenvalue weighted by molar-refractivity contribution is 5.66. The van der Waals surface area contributed by atoms with Gasteiger partial charge < -0.3 is 21.7 Å². The van der Waals surface area contributed by atoms with Gasteiger partial charge in [0.2, 0.25) is 0 Å². The zero-order chi connectivity index (χ0) is 9.56. The average molecular weight is 174 g/mol. The molecule has 5 nitrogen and oxygen atoms in total. The van der Waals surface area contributed by atoms with Gasteiger partial charge in [-0.05, 0) is 6.42 Å². The van der Waals surface area contributed by atoms with E-state index in [0.29, 0.717) is 6.42 Å². The van der Waals surface area contributed by atoms with Crippen molar-refractivity contribution in [3.63, 3.8) is 0 Å². The Morgan fingerprint density at radius 1 is 1.58 bits per heavy atom. The molecule has 0 aliphatic rings. The predicted octanol–water partition coefficient (Wildman–Crippen LogP) is -0.987. The number of nitrogens with two attached hydrogens (primary N) is 2. The first-order valence-corrected chi connectivity index (χ1v) is 3.63. The van der Waals surface area contributed by atoms with Crippen molar-refractivity contribution in [2.45, 2.75) is 18.9 Å². The number of carboxylic acid groups (broad SMARTS) is 1. The monoisotopic (exact) mass is 174 g/mol. The Hall–Kier alpha value is -1.07. The van der Waals surface area contributed by atoms with Crippen molar-refractivity contribution in [3.05, 3.63) is 11.8 Å². The minimum absolute atomic E-state index is 0.0119. The molecule has 0 amide bonds.